The molecule has 0 saturated carbocycles. The van der Waals surface area contributed by atoms with Gasteiger partial charge in [-0.2, -0.15) is 0 Å². The van der Waals surface area contributed by atoms with Gasteiger partial charge in [-0.1, -0.05) is 0 Å². The van der Waals surface area contributed by atoms with Gasteiger partial charge in [0, 0.05) is 19.1 Å². The van der Waals surface area contributed by atoms with Crippen molar-refractivity contribution in [3.8, 4) is 0 Å². The SMILES string of the molecule is COC(=O)N1CC(CC(C)N)C1. The monoisotopic (exact) mass is 172 g/mol. The largest absolute Gasteiger partial charge is 0.453 e. The van der Waals surface area contributed by atoms with Crippen LogP contribution in [-0.2, 0) is 4.74 Å². The van der Waals surface area contributed by atoms with Crippen molar-refractivity contribution in [2.24, 2.45) is 11.7 Å². The van der Waals surface area contributed by atoms with Gasteiger partial charge in [0.05, 0.1) is 7.11 Å². The average molecular weight is 172 g/mol. The van der Waals surface area contributed by atoms with Crippen LogP contribution in [0.25, 0.3) is 0 Å². The first-order chi connectivity index (χ1) is 5.63. The Morgan fingerprint density at radius 3 is 2.75 bits per heavy atom. The summed E-state index contributed by atoms with van der Waals surface area (Å²) >= 11 is 0. The normalized spacial score (nSPS) is 20.1. The average Bonchev–Trinajstić information content (AvgIpc) is 1.94. The van der Waals surface area contributed by atoms with Crippen molar-refractivity contribution in [2.45, 2.75) is 19.4 Å². The van der Waals surface area contributed by atoms with E-state index in [1.165, 1.54) is 7.11 Å². The van der Waals surface area contributed by atoms with Crippen LogP contribution >= 0.6 is 0 Å². The van der Waals surface area contributed by atoms with Crippen LogP contribution in [0, 0.1) is 5.92 Å². The zero-order valence-electron chi connectivity index (χ0n) is 7.62. The molecular formula is C8H16N2O2. The molecule has 1 atom stereocenters. The Morgan fingerprint density at radius 2 is 2.33 bits per heavy atom. The summed E-state index contributed by atoms with van der Waals surface area (Å²) in [5, 5.41) is 0. The van der Waals surface area contributed by atoms with Crippen LogP contribution in [0.4, 0.5) is 4.79 Å². The number of hydrogen-bond donors (Lipinski definition) is 1. The van der Waals surface area contributed by atoms with Gasteiger partial charge in [0.1, 0.15) is 0 Å². The Labute approximate surface area is 72.7 Å². The number of methoxy groups -OCH3 is 1. The summed E-state index contributed by atoms with van der Waals surface area (Å²) in [7, 11) is 1.40. The van der Waals surface area contributed by atoms with Crippen molar-refractivity contribution < 1.29 is 9.53 Å². The first-order valence-corrected chi connectivity index (χ1v) is 4.22. The molecule has 4 heteroatoms. The van der Waals surface area contributed by atoms with Crippen molar-refractivity contribution >= 4 is 6.09 Å². The quantitative estimate of drug-likeness (QED) is 0.656. The fourth-order valence-electron chi connectivity index (χ4n) is 1.52. The van der Waals surface area contributed by atoms with E-state index in [0.29, 0.717) is 5.92 Å². The van der Waals surface area contributed by atoms with E-state index in [4.69, 9.17) is 5.73 Å². The molecular weight excluding hydrogens is 156 g/mol. The Morgan fingerprint density at radius 1 is 1.75 bits per heavy atom. The maximum Gasteiger partial charge on any atom is 0.409 e. The summed E-state index contributed by atoms with van der Waals surface area (Å²) < 4.78 is 4.56. The van der Waals surface area contributed by atoms with Crippen LogP contribution < -0.4 is 5.73 Å². The second kappa shape index (κ2) is 3.76. The fraction of sp³-hybridized carbons (Fsp3) is 0.875. The summed E-state index contributed by atoms with van der Waals surface area (Å²) in [6.07, 6.45) is 0.768. The van der Waals surface area contributed by atoms with E-state index in [1.54, 1.807) is 4.90 Å². The van der Waals surface area contributed by atoms with Crippen molar-refractivity contribution in [3.05, 3.63) is 0 Å². The highest BCUT2D eigenvalue weighted by atomic mass is 16.5. The van der Waals surface area contributed by atoms with E-state index in [-0.39, 0.29) is 12.1 Å². The maximum absolute atomic E-state index is 10.9. The topological polar surface area (TPSA) is 55.6 Å². The minimum Gasteiger partial charge on any atom is -0.453 e. The van der Waals surface area contributed by atoms with Crippen LogP contribution in [0.1, 0.15) is 13.3 Å². The fourth-order valence-corrected chi connectivity index (χ4v) is 1.52. The third kappa shape index (κ3) is 2.11. The third-order valence-electron chi connectivity index (χ3n) is 2.10. The minimum absolute atomic E-state index is 0.226. The number of ether oxygens (including phenoxy) is 1. The molecule has 0 bridgehead atoms. The predicted octanol–water partition coefficient (Wildman–Crippen LogP) is 0.422. The van der Waals surface area contributed by atoms with Crippen molar-refractivity contribution in [2.75, 3.05) is 20.2 Å². The molecule has 1 fully saturated rings. The Kier molecular flexibility index (Phi) is 2.92. The first-order valence-electron chi connectivity index (χ1n) is 4.22. The van der Waals surface area contributed by atoms with Gasteiger partial charge < -0.3 is 15.4 Å². The number of hydrogen-bond acceptors (Lipinski definition) is 3. The Balaban J connectivity index is 2.15. The molecule has 0 aromatic heterocycles. The lowest BCUT2D eigenvalue weighted by atomic mass is 9.94. The van der Waals surface area contributed by atoms with E-state index >= 15 is 0 Å². The molecule has 2 N–H and O–H groups in total. The van der Waals surface area contributed by atoms with Crippen molar-refractivity contribution in [1.82, 2.24) is 4.90 Å². The lowest BCUT2D eigenvalue weighted by Gasteiger charge is -2.38. The molecule has 1 unspecified atom stereocenters. The minimum atomic E-state index is -0.226. The molecule has 1 aliphatic heterocycles. The van der Waals surface area contributed by atoms with E-state index in [9.17, 15) is 4.79 Å². The molecule has 1 saturated heterocycles. The van der Waals surface area contributed by atoms with Crippen molar-refractivity contribution in [1.29, 1.82) is 0 Å². The standard InChI is InChI=1S/C8H16N2O2/c1-6(9)3-7-4-10(5-7)8(11)12-2/h6-7H,3-5,9H2,1-2H3. The number of nitrogens with zero attached hydrogens (tertiary/aromatic N) is 1. The summed E-state index contributed by atoms with van der Waals surface area (Å²) in [4.78, 5) is 12.6. The van der Waals surface area contributed by atoms with Crippen LogP contribution in [0.2, 0.25) is 0 Å². The van der Waals surface area contributed by atoms with E-state index in [1.807, 2.05) is 6.92 Å². The summed E-state index contributed by atoms with van der Waals surface area (Å²) in [6, 6.07) is 0.231. The summed E-state index contributed by atoms with van der Waals surface area (Å²) in [5.74, 6) is 0.573. The highest BCUT2D eigenvalue weighted by Gasteiger charge is 2.31. The molecule has 0 radical (unpaired) electrons. The molecule has 1 amide bonds. The zero-order valence-corrected chi connectivity index (χ0v) is 7.62. The predicted molar refractivity (Wildman–Crippen MR) is 45.7 cm³/mol. The summed E-state index contributed by atoms with van der Waals surface area (Å²) in [5.41, 5.74) is 5.62. The van der Waals surface area contributed by atoms with Crippen LogP contribution in [0.15, 0.2) is 0 Å². The lowest BCUT2D eigenvalue weighted by molar-refractivity contribution is 0.0629. The van der Waals surface area contributed by atoms with Gasteiger partial charge in [-0.3, -0.25) is 0 Å². The van der Waals surface area contributed by atoms with Gasteiger partial charge in [-0.05, 0) is 19.3 Å². The van der Waals surface area contributed by atoms with Crippen molar-refractivity contribution in [3.63, 3.8) is 0 Å². The van der Waals surface area contributed by atoms with E-state index < -0.39 is 0 Å². The van der Waals surface area contributed by atoms with Crippen LogP contribution in [0.5, 0.6) is 0 Å². The number of nitrogens with two attached hydrogens (primary N) is 1. The molecule has 0 spiro atoms. The first kappa shape index (κ1) is 9.32. The van der Waals surface area contributed by atoms with E-state index in [0.717, 1.165) is 19.5 Å². The second-order valence-corrected chi connectivity index (χ2v) is 3.45. The number of likely N-dealkylation sites (tertiary alicyclic amines) is 1. The summed E-state index contributed by atoms with van der Waals surface area (Å²) in [6.45, 7) is 3.59. The number of carbonyl (C=O) groups is 1. The molecule has 4 nitrogen and oxygen atoms in total. The Hall–Kier alpha value is -0.770. The number of rotatable bonds is 2. The molecule has 70 valence electrons. The molecule has 1 aliphatic rings. The van der Waals surface area contributed by atoms with Gasteiger partial charge in [-0.15, -0.1) is 0 Å². The zero-order chi connectivity index (χ0) is 9.14. The molecule has 1 rings (SSSR count). The number of amides is 1. The molecule has 1 heterocycles. The third-order valence-corrected chi connectivity index (χ3v) is 2.10. The molecule has 0 aromatic rings. The van der Waals surface area contributed by atoms with Gasteiger partial charge >= 0.3 is 6.09 Å². The van der Waals surface area contributed by atoms with E-state index in [2.05, 4.69) is 4.74 Å². The highest BCUT2D eigenvalue weighted by molar-refractivity contribution is 5.68. The second-order valence-electron chi connectivity index (χ2n) is 3.45. The lowest BCUT2D eigenvalue weighted by Crippen LogP contribution is -2.51. The number of carbonyl (C=O) groups excluding carboxylic acids is 1. The smallest absolute Gasteiger partial charge is 0.409 e. The molecule has 0 aliphatic carbocycles. The van der Waals surface area contributed by atoms with Crippen LogP contribution in [0.3, 0.4) is 0 Å². The Bertz CT molecular complexity index is 164. The van der Waals surface area contributed by atoms with Gasteiger partial charge in [0.2, 0.25) is 0 Å². The molecule has 12 heavy (non-hydrogen) atoms. The highest BCUT2D eigenvalue weighted by Crippen LogP contribution is 2.20. The van der Waals surface area contributed by atoms with Gasteiger partial charge in [0.25, 0.3) is 0 Å². The molecule has 0 aromatic carbocycles. The maximum atomic E-state index is 10.9. The van der Waals surface area contributed by atoms with Gasteiger partial charge in [-0.25, -0.2) is 4.79 Å². The van der Waals surface area contributed by atoms with Crippen LogP contribution in [-0.4, -0.2) is 37.2 Å². The van der Waals surface area contributed by atoms with Gasteiger partial charge in [0.15, 0.2) is 0 Å².